The molecule has 3 heterocycles. The standard InChI is InChI=1S/C15H17N5O6S.C12H8F3N5O3S/c1-9-16-13(18-14(17-9)26-4)20(2)15(22)19-27(23,24)11-8-6-5-7-10(11)12(21)25-3;1-23-12-16-5-8(15)10-17-11(18-20(10)12)24(21,22)19-9-6(13)3-2-4-7(9)14/h5-8H,1-4H3,(H,19,22);2-5,19H,1H3. The Morgan fingerprint density at radius 3 is 2.14 bits per heavy atom. The third-order valence-electron chi connectivity index (χ3n) is 6.20. The molecule has 5 aromatic rings. The normalized spacial score (nSPS) is 11.2. The molecule has 0 saturated heterocycles. The summed E-state index contributed by atoms with van der Waals surface area (Å²) in [4.78, 5) is 43.4. The fourth-order valence-corrected chi connectivity index (χ4v) is 5.95. The van der Waals surface area contributed by atoms with Crippen LogP contribution in [-0.2, 0) is 24.8 Å². The average Bonchev–Trinajstić information content (AvgIpc) is 3.57. The molecule has 0 atom stereocenters. The van der Waals surface area contributed by atoms with Gasteiger partial charge < -0.3 is 14.2 Å². The highest BCUT2D eigenvalue weighted by Crippen LogP contribution is 2.23. The molecule has 0 spiro atoms. The van der Waals surface area contributed by atoms with Gasteiger partial charge in [-0.15, -0.1) is 5.10 Å². The Hall–Kier alpha value is -6.17. The van der Waals surface area contributed by atoms with Crippen LogP contribution in [0.5, 0.6) is 12.0 Å². The summed E-state index contributed by atoms with van der Waals surface area (Å²) in [6.45, 7) is 1.56. The molecule has 0 fully saturated rings. The predicted octanol–water partition coefficient (Wildman–Crippen LogP) is 1.86. The number of anilines is 2. The first-order valence-electron chi connectivity index (χ1n) is 13.7. The molecule has 5 rings (SSSR count). The van der Waals surface area contributed by atoms with E-state index in [2.05, 4.69) is 34.8 Å². The van der Waals surface area contributed by atoms with E-state index in [-0.39, 0.29) is 29.4 Å². The van der Waals surface area contributed by atoms with E-state index in [1.807, 2.05) is 4.72 Å². The largest absolute Gasteiger partial charge is 0.467 e. The molecule has 19 nitrogen and oxygen atoms in total. The molecular formula is C27H25F3N10O9S2. The number of methoxy groups -OCH3 is 3. The highest BCUT2D eigenvalue weighted by molar-refractivity contribution is 7.92. The Balaban J connectivity index is 0.000000230. The van der Waals surface area contributed by atoms with E-state index >= 15 is 0 Å². The van der Waals surface area contributed by atoms with Gasteiger partial charge in [-0.05, 0) is 31.2 Å². The van der Waals surface area contributed by atoms with Crippen LogP contribution in [0.4, 0.5) is 29.6 Å². The van der Waals surface area contributed by atoms with Gasteiger partial charge in [-0.2, -0.15) is 32.9 Å². The number of hydrogen-bond donors (Lipinski definition) is 2. The number of esters is 1. The first-order valence-corrected chi connectivity index (χ1v) is 16.7. The van der Waals surface area contributed by atoms with Crippen LogP contribution in [0, 0.1) is 24.4 Å². The molecule has 51 heavy (non-hydrogen) atoms. The fraction of sp³-hybridized carbons (Fsp3) is 0.185. The number of ether oxygens (including phenoxy) is 3. The lowest BCUT2D eigenvalue weighted by Crippen LogP contribution is -2.42. The van der Waals surface area contributed by atoms with Crippen molar-refractivity contribution in [2.24, 2.45) is 0 Å². The van der Waals surface area contributed by atoms with Crippen LogP contribution in [0.1, 0.15) is 16.2 Å². The number of nitrogens with one attached hydrogen (secondary N) is 2. The van der Waals surface area contributed by atoms with Crippen LogP contribution in [0.15, 0.2) is 58.7 Å². The van der Waals surface area contributed by atoms with Crippen LogP contribution >= 0.6 is 0 Å². The number of aryl methyl sites for hydroxylation is 1. The number of hydrogen-bond acceptors (Lipinski definition) is 15. The maximum Gasteiger partial charge on any atom is 0.339 e. The van der Waals surface area contributed by atoms with Gasteiger partial charge >= 0.3 is 24.0 Å². The van der Waals surface area contributed by atoms with E-state index in [9.17, 15) is 39.6 Å². The molecule has 3 aromatic heterocycles. The lowest BCUT2D eigenvalue weighted by Gasteiger charge is -2.17. The number of amides is 2. The first kappa shape index (κ1) is 37.6. The summed E-state index contributed by atoms with van der Waals surface area (Å²) in [5.41, 5.74) is -1.58. The number of nitrogens with zero attached hydrogens (tertiary/aromatic N) is 8. The number of fused-ring (bicyclic) bond motifs is 1. The molecule has 0 unspecified atom stereocenters. The van der Waals surface area contributed by atoms with E-state index < -0.39 is 70.9 Å². The Kier molecular flexibility index (Phi) is 11.2. The number of carbonyl (C=O) groups excluding carboxylic acids is 2. The number of benzene rings is 2. The molecule has 2 N–H and O–H groups in total. The Morgan fingerprint density at radius 2 is 1.51 bits per heavy atom. The van der Waals surface area contributed by atoms with Gasteiger partial charge in [0.25, 0.3) is 25.2 Å². The summed E-state index contributed by atoms with van der Waals surface area (Å²) in [6, 6.07) is 6.84. The van der Waals surface area contributed by atoms with Crippen LogP contribution in [0.3, 0.4) is 0 Å². The molecule has 270 valence electrons. The number of carbonyl (C=O) groups is 2. The van der Waals surface area contributed by atoms with Crippen molar-refractivity contribution in [3.63, 3.8) is 0 Å². The minimum atomic E-state index is -4.58. The van der Waals surface area contributed by atoms with E-state index in [0.29, 0.717) is 4.52 Å². The molecule has 0 saturated carbocycles. The van der Waals surface area contributed by atoms with Crippen molar-refractivity contribution in [1.29, 1.82) is 0 Å². The molecule has 0 aliphatic heterocycles. The van der Waals surface area contributed by atoms with Crippen molar-refractivity contribution in [3.8, 4) is 12.0 Å². The van der Waals surface area contributed by atoms with Crippen LogP contribution < -0.4 is 23.8 Å². The van der Waals surface area contributed by atoms with Crippen LogP contribution in [0.2, 0.25) is 0 Å². The molecule has 2 aromatic carbocycles. The van der Waals surface area contributed by atoms with Crippen molar-refractivity contribution < 1.29 is 53.8 Å². The van der Waals surface area contributed by atoms with Gasteiger partial charge in [0.1, 0.15) is 28.0 Å². The molecular weight excluding hydrogens is 729 g/mol. The molecule has 0 aliphatic carbocycles. The van der Waals surface area contributed by atoms with Gasteiger partial charge in [0.2, 0.25) is 5.95 Å². The van der Waals surface area contributed by atoms with E-state index in [1.54, 1.807) is 11.6 Å². The Labute approximate surface area is 286 Å². The third kappa shape index (κ3) is 8.35. The second kappa shape index (κ2) is 15.2. The zero-order valence-electron chi connectivity index (χ0n) is 26.8. The summed E-state index contributed by atoms with van der Waals surface area (Å²) in [7, 11) is -4.01. The van der Waals surface area contributed by atoms with Crippen molar-refractivity contribution >= 4 is 49.3 Å². The summed E-state index contributed by atoms with van der Waals surface area (Å²) >= 11 is 0. The van der Waals surface area contributed by atoms with Gasteiger partial charge in [-0.3, -0.25) is 9.62 Å². The Morgan fingerprint density at radius 1 is 0.843 bits per heavy atom. The summed E-state index contributed by atoms with van der Waals surface area (Å²) < 4.78 is 109. The summed E-state index contributed by atoms with van der Waals surface area (Å²) in [6.07, 6.45) is 0.767. The van der Waals surface area contributed by atoms with E-state index in [0.717, 1.165) is 36.4 Å². The van der Waals surface area contributed by atoms with E-state index in [4.69, 9.17) is 9.47 Å². The lowest BCUT2D eigenvalue weighted by molar-refractivity contribution is 0.0596. The van der Waals surface area contributed by atoms with Gasteiger partial charge in [0.15, 0.2) is 11.5 Å². The number of rotatable bonds is 9. The number of halogens is 3. The van der Waals surface area contributed by atoms with Crippen molar-refractivity contribution in [3.05, 3.63) is 77.5 Å². The molecule has 0 aliphatic rings. The maximum absolute atomic E-state index is 13.7. The molecule has 2 amide bonds. The van der Waals surface area contributed by atoms with E-state index in [1.165, 1.54) is 45.5 Å². The molecule has 24 heteroatoms. The van der Waals surface area contributed by atoms with Gasteiger partial charge in [-0.1, -0.05) is 18.2 Å². The Bertz CT molecular complexity index is 2330. The smallest absolute Gasteiger partial charge is 0.339 e. The number of aromatic nitrogens is 7. The SMILES string of the molecule is COC(=O)c1ccccc1S(=O)(=O)NC(=O)N(C)c1nc(C)nc(OC)n1.COc1ncc(F)c2nc(S(=O)(=O)Nc3c(F)cccc3F)nn12. The first-order chi connectivity index (χ1) is 24.0. The zero-order chi connectivity index (χ0) is 37.7. The maximum atomic E-state index is 13.7. The quantitative estimate of drug-likeness (QED) is 0.204. The zero-order valence-corrected chi connectivity index (χ0v) is 28.5. The molecule has 0 bridgehead atoms. The minimum Gasteiger partial charge on any atom is -0.467 e. The topological polar surface area (TPSA) is 239 Å². The highest BCUT2D eigenvalue weighted by Gasteiger charge is 2.28. The third-order valence-corrected chi connectivity index (χ3v) is 8.70. The fourth-order valence-electron chi connectivity index (χ4n) is 3.83. The van der Waals surface area contributed by atoms with Gasteiger partial charge in [-0.25, -0.2) is 40.9 Å². The number of para-hydroxylation sites is 1. The summed E-state index contributed by atoms with van der Waals surface area (Å²) in [5, 5.41) is 2.65. The number of urea groups is 1. The van der Waals surface area contributed by atoms with Crippen LogP contribution in [-0.4, -0.2) is 91.7 Å². The average molecular weight is 755 g/mol. The lowest BCUT2D eigenvalue weighted by atomic mass is 10.2. The van der Waals surface area contributed by atoms with Crippen molar-refractivity contribution in [2.75, 3.05) is 38.0 Å². The predicted molar refractivity (Wildman–Crippen MR) is 167 cm³/mol. The second-order valence-electron chi connectivity index (χ2n) is 9.55. The van der Waals surface area contributed by atoms with Gasteiger partial charge in [0, 0.05) is 7.05 Å². The molecule has 0 radical (unpaired) electrons. The second-order valence-corrected chi connectivity index (χ2v) is 12.8. The van der Waals surface area contributed by atoms with Crippen molar-refractivity contribution in [1.82, 2.24) is 39.3 Å². The van der Waals surface area contributed by atoms with Gasteiger partial charge in [0.05, 0.1) is 33.1 Å². The monoisotopic (exact) mass is 754 g/mol. The summed E-state index contributed by atoms with van der Waals surface area (Å²) in [5.74, 6) is -3.92. The number of sulfonamides is 2. The van der Waals surface area contributed by atoms with Crippen molar-refractivity contribution in [2.45, 2.75) is 17.0 Å². The highest BCUT2D eigenvalue weighted by atomic mass is 32.2. The minimum absolute atomic E-state index is 0.0314. The van der Waals surface area contributed by atoms with Crippen LogP contribution in [0.25, 0.3) is 5.65 Å².